The van der Waals surface area contributed by atoms with Crippen molar-refractivity contribution >= 4 is 22.7 Å². The summed E-state index contributed by atoms with van der Waals surface area (Å²) >= 11 is 0. The lowest BCUT2D eigenvalue weighted by atomic mass is 10.2. The molecule has 0 radical (unpaired) electrons. The lowest BCUT2D eigenvalue weighted by molar-refractivity contribution is -0.122. The molecule has 10 nitrogen and oxygen atoms in total. The number of benzene rings is 2. The number of hydrogen-bond acceptors (Lipinski definition) is 7. The molecule has 0 spiro atoms. The third-order valence-electron chi connectivity index (χ3n) is 3.88. The molecular weight excluding hydrogens is 366 g/mol. The molecule has 2 aromatic carbocycles. The SMILES string of the molecule is COc1ccc(C(=O)NNC(=O)Cn2nnc3ccccc3c2=O)cc1OC. The van der Waals surface area contributed by atoms with E-state index in [9.17, 15) is 14.4 Å². The quantitative estimate of drug-likeness (QED) is 0.606. The van der Waals surface area contributed by atoms with Crippen LogP contribution in [0.25, 0.3) is 10.9 Å². The van der Waals surface area contributed by atoms with E-state index < -0.39 is 23.9 Å². The van der Waals surface area contributed by atoms with Gasteiger partial charge in [-0.3, -0.25) is 25.2 Å². The number of rotatable bonds is 5. The Labute approximate surface area is 159 Å². The number of ether oxygens (including phenoxy) is 2. The van der Waals surface area contributed by atoms with Crippen LogP contribution in [0, 0.1) is 0 Å². The minimum Gasteiger partial charge on any atom is -0.493 e. The zero-order valence-electron chi connectivity index (χ0n) is 15.1. The molecule has 0 aliphatic rings. The number of aromatic nitrogens is 3. The summed E-state index contributed by atoms with van der Waals surface area (Å²) in [6, 6.07) is 11.2. The minimum absolute atomic E-state index is 0.251. The monoisotopic (exact) mass is 383 g/mol. The molecule has 1 heterocycles. The molecule has 144 valence electrons. The molecule has 0 fully saturated rings. The number of hydrazine groups is 1. The van der Waals surface area contributed by atoms with Gasteiger partial charge in [-0.2, -0.15) is 0 Å². The molecule has 0 saturated carbocycles. The fourth-order valence-electron chi connectivity index (χ4n) is 2.48. The van der Waals surface area contributed by atoms with Crippen LogP contribution in [0.2, 0.25) is 0 Å². The van der Waals surface area contributed by atoms with Crippen molar-refractivity contribution in [2.24, 2.45) is 0 Å². The highest BCUT2D eigenvalue weighted by Crippen LogP contribution is 2.27. The van der Waals surface area contributed by atoms with Crippen LogP contribution < -0.4 is 25.9 Å². The highest BCUT2D eigenvalue weighted by atomic mass is 16.5. The van der Waals surface area contributed by atoms with Gasteiger partial charge in [0.15, 0.2) is 11.5 Å². The second kappa shape index (κ2) is 8.16. The van der Waals surface area contributed by atoms with Crippen molar-refractivity contribution in [1.29, 1.82) is 0 Å². The molecule has 0 aliphatic heterocycles. The van der Waals surface area contributed by atoms with Crippen LogP contribution in [0.15, 0.2) is 47.3 Å². The summed E-state index contributed by atoms with van der Waals surface area (Å²) in [5, 5.41) is 7.96. The molecule has 0 saturated heterocycles. The molecular formula is C18H17N5O5. The molecule has 0 aliphatic carbocycles. The largest absolute Gasteiger partial charge is 0.493 e. The average molecular weight is 383 g/mol. The maximum absolute atomic E-state index is 12.3. The van der Waals surface area contributed by atoms with Crippen molar-refractivity contribution in [3.8, 4) is 11.5 Å². The van der Waals surface area contributed by atoms with Gasteiger partial charge in [0.25, 0.3) is 17.4 Å². The molecule has 10 heteroatoms. The molecule has 3 rings (SSSR count). The number of carbonyl (C=O) groups is 2. The predicted octanol–water partition coefficient (Wildman–Crippen LogP) is 0.270. The Hall–Kier alpha value is -3.95. The van der Waals surface area contributed by atoms with Gasteiger partial charge in [0.05, 0.1) is 19.6 Å². The van der Waals surface area contributed by atoms with Gasteiger partial charge in [-0.05, 0) is 30.3 Å². The lowest BCUT2D eigenvalue weighted by Crippen LogP contribution is -2.44. The fraction of sp³-hybridized carbons (Fsp3) is 0.167. The predicted molar refractivity (Wildman–Crippen MR) is 99.0 cm³/mol. The Kier molecular flexibility index (Phi) is 5.49. The summed E-state index contributed by atoms with van der Waals surface area (Å²) in [7, 11) is 2.93. The number of amides is 2. The summed E-state index contributed by atoms with van der Waals surface area (Å²) in [5.41, 5.74) is 4.73. The van der Waals surface area contributed by atoms with Gasteiger partial charge in [-0.25, -0.2) is 4.68 Å². The van der Waals surface area contributed by atoms with Gasteiger partial charge in [0, 0.05) is 5.56 Å². The number of carbonyl (C=O) groups excluding carboxylic acids is 2. The second-order valence-electron chi connectivity index (χ2n) is 5.64. The molecule has 0 bridgehead atoms. The van der Waals surface area contributed by atoms with E-state index in [-0.39, 0.29) is 5.56 Å². The molecule has 28 heavy (non-hydrogen) atoms. The van der Waals surface area contributed by atoms with Gasteiger partial charge >= 0.3 is 0 Å². The molecule has 2 N–H and O–H groups in total. The standard InChI is InChI=1S/C18H17N5O5/c1-27-14-8-7-11(9-15(14)28-2)17(25)21-20-16(24)10-23-18(26)12-5-3-4-6-13(12)19-22-23/h3-9H,10H2,1-2H3,(H,20,24)(H,21,25). The number of hydrogen-bond donors (Lipinski definition) is 2. The van der Waals surface area contributed by atoms with E-state index in [2.05, 4.69) is 21.2 Å². The van der Waals surface area contributed by atoms with Gasteiger partial charge in [0.2, 0.25) is 0 Å². The molecule has 3 aromatic rings. The highest BCUT2D eigenvalue weighted by molar-refractivity contribution is 5.96. The lowest BCUT2D eigenvalue weighted by Gasteiger charge is -2.11. The Morgan fingerprint density at radius 2 is 1.79 bits per heavy atom. The smallest absolute Gasteiger partial charge is 0.278 e. The Morgan fingerprint density at radius 1 is 1.04 bits per heavy atom. The third-order valence-corrected chi connectivity index (χ3v) is 3.88. The van der Waals surface area contributed by atoms with E-state index in [1.54, 1.807) is 30.3 Å². The molecule has 2 amide bonds. The van der Waals surface area contributed by atoms with Crippen LogP contribution in [0.4, 0.5) is 0 Å². The van der Waals surface area contributed by atoms with E-state index in [4.69, 9.17) is 9.47 Å². The van der Waals surface area contributed by atoms with Gasteiger partial charge in [-0.1, -0.05) is 17.3 Å². The average Bonchev–Trinajstić information content (AvgIpc) is 2.73. The van der Waals surface area contributed by atoms with Crippen LogP contribution in [0.5, 0.6) is 11.5 Å². The Morgan fingerprint density at radius 3 is 2.54 bits per heavy atom. The third kappa shape index (κ3) is 3.90. The number of nitrogens with zero attached hydrogens (tertiary/aromatic N) is 3. The number of nitrogens with one attached hydrogen (secondary N) is 2. The van der Waals surface area contributed by atoms with E-state index in [0.717, 1.165) is 4.68 Å². The van der Waals surface area contributed by atoms with Crippen molar-refractivity contribution in [1.82, 2.24) is 25.8 Å². The maximum Gasteiger partial charge on any atom is 0.278 e. The van der Waals surface area contributed by atoms with Crippen molar-refractivity contribution in [2.45, 2.75) is 6.54 Å². The Bertz CT molecular complexity index is 1100. The topological polar surface area (TPSA) is 124 Å². The van der Waals surface area contributed by atoms with E-state index in [0.29, 0.717) is 22.4 Å². The van der Waals surface area contributed by atoms with E-state index >= 15 is 0 Å². The van der Waals surface area contributed by atoms with Gasteiger partial charge in [-0.15, -0.1) is 5.10 Å². The molecule has 0 unspecified atom stereocenters. The van der Waals surface area contributed by atoms with Gasteiger partial charge < -0.3 is 9.47 Å². The van der Waals surface area contributed by atoms with Crippen molar-refractivity contribution in [3.05, 3.63) is 58.4 Å². The summed E-state index contributed by atoms with van der Waals surface area (Å²) in [5.74, 6) is -0.358. The van der Waals surface area contributed by atoms with Crippen LogP contribution in [-0.2, 0) is 11.3 Å². The maximum atomic E-state index is 12.3. The first-order chi connectivity index (χ1) is 13.5. The first kappa shape index (κ1) is 18.8. The second-order valence-corrected chi connectivity index (χ2v) is 5.64. The highest BCUT2D eigenvalue weighted by Gasteiger charge is 2.13. The van der Waals surface area contributed by atoms with E-state index in [1.165, 1.54) is 26.4 Å². The summed E-state index contributed by atoms with van der Waals surface area (Å²) in [6.45, 7) is -0.400. The normalized spacial score (nSPS) is 10.4. The van der Waals surface area contributed by atoms with Gasteiger partial charge in [0.1, 0.15) is 12.1 Å². The van der Waals surface area contributed by atoms with Crippen LogP contribution in [0.3, 0.4) is 0 Å². The summed E-state index contributed by atoms with van der Waals surface area (Å²) in [4.78, 5) is 36.6. The van der Waals surface area contributed by atoms with Crippen molar-refractivity contribution < 1.29 is 19.1 Å². The zero-order chi connectivity index (χ0) is 20.1. The van der Waals surface area contributed by atoms with Crippen LogP contribution in [-0.4, -0.2) is 41.0 Å². The van der Waals surface area contributed by atoms with Crippen molar-refractivity contribution in [2.75, 3.05) is 14.2 Å². The number of fused-ring (bicyclic) bond motifs is 1. The first-order valence-corrected chi connectivity index (χ1v) is 8.17. The molecule has 0 atom stereocenters. The van der Waals surface area contributed by atoms with Crippen LogP contribution in [0.1, 0.15) is 10.4 Å². The zero-order valence-corrected chi connectivity index (χ0v) is 15.1. The minimum atomic E-state index is -0.638. The first-order valence-electron chi connectivity index (χ1n) is 8.17. The Balaban J connectivity index is 1.65. The van der Waals surface area contributed by atoms with E-state index in [1.807, 2.05) is 0 Å². The summed E-state index contributed by atoms with van der Waals surface area (Å²) < 4.78 is 11.2. The molecule has 1 aromatic heterocycles. The van der Waals surface area contributed by atoms with Crippen LogP contribution >= 0.6 is 0 Å². The fourth-order valence-corrected chi connectivity index (χ4v) is 2.48. The van der Waals surface area contributed by atoms with Crippen molar-refractivity contribution in [3.63, 3.8) is 0 Å². The summed E-state index contributed by atoms with van der Waals surface area (Å²) in [6.07, 6.45) is 0. The number of methoxy groups -OCH3 is 2.